The molecular formula is C20H38N4O5S. The van der Waals surface area contributed by atoms with Crippen LogP contribution in [0.4, 0.5) is 4.79 Å². The smallest absolute Gasteiger partial charge is 0.318 e. The van der Waals surface area contributed by atoms with Gasteiger partial charge >= 0.3 is 6.03 Å². The number of nitrogens with one attached hydrogen (secondary N) is 2. The normalized spacial score (nSPS) is 22.9. The van der Waals surface area contributed by atoms with Gasteiger partial charge in [-0.3, -0.25) is 4.79 Å². The molecule has 0 saturated carbocycles. The van der Waals surface area contributed by atoms with Crippen LogP contribution in [0.25, 0.3) is 0 Å². The number of nitrogens with zero attached hydrogens (tertiary/aromatic N) is 1. The Morgan fingerprint density at radius 2 is 1.87 bits per heavy atom. The fraction of sp³-hybridized carbons (Fsp3) is 0.900. The number of nitrogens with two attached hydrogens (primary N) is 1. The number of carbonyl (C=O) groups excluding carboxylic acids is 2. The largest absolute Gasteiger partial charge is 0.378 e. The van der Waals surface area contributed by atoms with Crippen molar-refractivity contribution in [1.29, 1.82) is 0 Å². The molecule has 2 rings (SSSR count). The van der Waals surface area contributed by atoms with Crippen LogP contribution in [0.15, 0.2) is 0 Å². The number of fused-ring (bicyclic) bond motifs is 1. The number of unbranched alkanes of at least 4 members (excludes halogenated alkanes) is 1. The lowest BCUT2D eigenvalue weighted by atomic mass is 10.0. The number of thioether (sulfide) groups is 1. The summed E-state index contributed by atoms with van der Waals surface area (Å²) >= 11 is 1.95. The molecule has 4 N–H and O–H groups in total. The van der Waals surface area contributed by atoms with Crippen molar-refractivity contribution in [3.8, 4) is 0 Å². The van der Waals surface area contributed by atoms with E-state index in [-0.39, 0.29) is 18.0 Å². The molecule has 0 aromatic carbocycles. The molecule has 0 spiro atoms. The highest BCUT2D eigenvalue weighted by Gasteiger charge is 2.47. The summed E-state index contributed by atoms with van der Waals surface area (Å²) < 4.78 is 16.0. The standard InChI is InChI=1S/C20H38N4O5S/c1-2-24-19-16(23-20(24)26)15-30-17(19)5-3-4-6-18(25)22-8-10-28-12-14-29-13-11-27-9-7-21/h16-17,19H,2-15,21H2,1H3,(H,22,25)(H,23,26)/t16?,17-,19?/m0/s1. The van der Waals surface area contributed by atoms with Crippen molar-refractivity contribution in [2.75, 3.05) is 65.0 Å². The van der Waals surface area contributed by atoms with Crippen LogP contribution < -0.4 is 16.4 Å². The fourth-order valence-electron chi connectivity index (χ4n) is 3.82. The van der Waals surface area contributed by atoms with Crippen molar-refractivity contribution >= 4 is 23.7 Å². The van der Waals surface area contributed by atoms with Crippen molar-refractivity contribution < 1.29 is 23.8 Å². The van der Waals surface area contributed by atoms with E-state index in [0.717, 1.165) is 31.6 Å². The van der Waals surface area contributed by atoms with Crippen LogP contribution in [-0.4, -0.2) is 99.2 Å². The molecule has 2 heterocycles. The van der Waals surface area contributed by atoms with E-state index in [1.165, 1.54) is 0 Å². The zero-order chi connectivity index (χ0) is 21.6. The minimum Gasteiger partial charge on any atom is -0.378 e. The number of hydrogen-bond donors (Lipinski definition) is 3. The Hall–Kier alpha value is -1.07. The molecule has 2 aliphatic heterocycles. The summed E-state index contributed by atoms with van der Waals surface area (Å²) in [6.07, 6.45) is 3.45. The average molecular weight is 447 g/mol. The third kappa shape index (κ3) is 8.58. The zero-order valence-electron chi connectivity index (χ0n) is 18.1. The highest BCUT2D eigenvalue weighted by molar-refractivity contribution is 8.00. The molecule has 0 radical (unpaired) electrons. The maximum absolute atomic E-state index is 12.0. The second-order valence-electron chi connectivity index (χ2n) is 7.43. The average Bonchev–Trinajstić information content (AvgIpc) is 3.27. The summed E-state index contributed by atoms with van der Waals surface area (Å²) in [4.78, 5) is 25.9. The Kier molecular flexibility index (Phi) is 12.5. The summed E-state index contributed by atoms with van der Waals surface area (Å²) in [6.45, 7) is 6.94. The lowest BCUT2D eigenvalue weighted by molar-refractivity contribution is -0.121. The van der Waals surface area contributed by atoms with Gasteiger partial charge in [0.05, 0.1) is 51.7 Å². The minimum atomic E-state index is 0.0664. The van der Waals surface area contributed by atoms with Gasteiger partial charge in [0.1, 0.15) is 0 Å². The second-order valence-corrected chi connectivity index (χ2v) is 8.70. The van der Waals surface area contributed by atoms with Gasteiger partial charge in [0.15, 0.2) is 0 Å². The third-order valence-corrected chi connectivity index (χ3v) is 6.76. The summed E-state index contributed by atoms with van der Waals surface area (Å²) in [5.41, 5.74) is 5.32. The van der Waals surface area contributed by atoms with Crippen molar-refractivity contribution in [3.05, 3.63) is 0 Å². The Labute approximate surface area is 184 Å². The Bertz CT molecular complexity index is 514. The van der Waals surface area contributed by atoms with Gasteiger partial charge in [-0.15, -0.1) is 0 Å². The van der Waals surface area contributed by atoms with Crippen LogP contribution in [0.1, 0.15) is 32.6 Å². The van der Waals surface area contributed by atoms with Crippen LogP contribution in [0.3, 0.4) is 0 Å². The molecule has 3 amide bonds. The summed E-state index contributed by atoms with van der Waals surface area (Å²) in [5.74, 6) is 1.06. The van der Waals surface area contributed by atoms with Crippen LogP contribution in [0.2, 0.25) is 0 Å². The monoisotopic (exact) mass is 446 g/mol. The summed E-state index contributed by atoms with van der Waals surface area (Å²) in [5, 5.41) is 6.45. The summed E-state index contributed by atoms with van der Waals surface area (Å²) in [6, 6.07) is 0.661. The first-order chi connectivity index (χ1) is 14.7. The lowest BCUT2D eigenvalue weighted by Crippen LogP contribution is -2.40. The van der Waals surface area contributed by atoms with E-state index in [0.29, 0.717) is 70.4 Å². The number of likely N-dealkylation sites (N-methyl/N-ethyl adjacent to an activating group) is 1. The van der Waals surface area contributed by atoms with Gasteiger partial charge in [0, 0.05) is 37.1 Å². The predicted octanol–water partition coefficient (Wildman–Crippen LogP) is 0.569. The van der Waals surface area contributed by atoms with E-state index < -0.39 is 0 Å². The third-order valence-electron chi connectivity index (χ3n) is 5.27. The lowest BCUT2D eigenvalue weighted by Gasteiger charge is -2.26. The van der Waals surface area contributed by atoms with Crippen LogP contribution >= 0.6 is 11.8 Å². The Balaban J connectivity index is 1.41. The number of ether oxygens (including phenoxy) is 3. The zero-order valence-corrected chi connectivity index (χ0v) is 18.9. The number of rotatable bonds is 17. The molecule has 174 valence electrons. The van der Waals surface area contributed by atoms with E-state index in [9.17, 15) is 9.59 Å². The first kappa shape index (κ1) is 25.2. The SMILES string of the molecule is CCN1C(=O)NC2CS[C@@H](CCCCC(=O)NCCOCCOCCOCCN)C21. The molecule has 30 heavy (non-hydrogen) atoms. The van der Waals surface area contributed by atoms with Gasteiger partial charge < -0.3 is 35.5 Å². The van der Waals surface area contributed by atoms with Crippen molar-refractivity contribution in [3.63, 3.8) is 0 Å². The molecule has 2 unspecified atom stereocenters. The highest BCUT2D eigenvalue weighted by Crippen LogP contribution is 2.37. The van der Waals surface area contributed by atoms with E-state index in [1.54, 1.807) is 0 Å². The second kappa shape index (κ2) is 14.9. The Morgan fingerprint density at radius 3 is 2.57 bits per heavy atom. The molecule has 10 heteroatoms. The number of hydrogen-bond acceptors (Lipinski definition) is 7. The quantitative estimate of drug-likeness (QED) is 0.221. The van der Waals surface area contributed by atoms with Gasteiger partial charge in [-0.25, -0.2) is 4.79 Å². The van der Waals surface area contributed by atoms with Crippen LogP contribution in [-0.2, 0) is 19.0 Å². The highest BCUT2D eigenvalue weighted by atomic mass is 32.2. The Morgan fingerprint density at radius 1 is 1.17 bits per heavy atom. The number of urea groups is 1. The number of carbonyl (C=O) groups is 2. The number of amides is 3. The van der Waals surface area contributed by atoms with Gasteiger partial charge in [-0.1, -0.05) is 6.42 Å². The van der Waals surface area contributed by atoms with Gasteiger partial charge in [0.25, 0.3) is 0 Å². The van der Waals surface area contributed by atoms with E-state index in [1.807, 2.05) is 23.6 Å². The van der Waals surface area contributed by atoms with Crippen molar-refractivity contribution in [2.24, 2.45) is 5.73 Å². The molecule has 2 saturated heterocycles. The molecule has 3 atom stereocenters. The molecule has 9 nitrogen and oxygen atoms in total. The van der Waals surface area contributed by atoms with Gasteiger partial charge in [-0.05, 0) is 19.8 Å². The maximum atomic E-state index is 12.0. The van der Waals surface area contributed by atoms with Crippen LogP contribution in [0, 0.1) is 0 Å². The predicted molar refractivity (Wildman–Crippen MR) is 118 cm³/mol. The van der Waals surface area contributed by atoms with Gasteiger partial charge in [0.2, 0.25) is 5.91 Å². The maximum Gasteiger partial charge on any atom is 0.318 e. The van der Waals surface area contributed by atoms with Crippen molar-refractivity contribution in [1.82, 2.24) is 15.5 Å². The molecule has 0 aliphatic carbocycles. The molecule has 0 aromatic rings. The van der Waals surface area contributed by atoms with Crippen molar-refractivity contribution in [2.45, 2.75) is 49.9 Å². The van der Waals surface area contributed by atoms with E-state index in [2.05, 4.69) is 10.6 Å². The molecule has 0 aromatic heterocycles. The van der Waals surface area contributed by atoms with E-state index >= 15 is 0 Å². The van der Waals surface area contributed by atoms with Crippen LogP contribution in [0.5, 0.6) is 0 Å². The topological polar surface area (TPSA) is 115 Å². The van der Waals surface area contributed by atoms with E-state index in [4.69, 9.17) is 19.9 Å². The first-order valence-electron chi connectivity index (χ1n) is 11.1. The fourth-order valence-corrected chi connectivity index (χ4v) is 5.42. The summed E-state index contributed by atoms with van der Waals surface area (Å²) in [7, 11) is 0. The van der Waals surface area contributed by atoms with Gasteiger partial charge in [-0.2, -0.15) is 11.8 Å². The molecule has 2 fully saturated rings. The molecule has 0 bridgehead atoms. The first-order valence-corrected chi connectivity index (χ1v) is 12.1. The molecule has 2 aliphatic rings. The molecular weight excluding hydrogens is 408 g/mol. The minimum absolute atomic E-state index is 0.0664.